The van der Waals surface area contributed by atoms with Crippen molar-refractivity contribution in [3.63, 3.8) is 0 Å². The van der Waals surface area contributed by atoms with Gasteiger partial charge in [0, 0.05) is 0 Å². The summed E-state index contributed by atoms with van der Waals surface area (Å²) in [5.74, 6) is 1.66. The quantitative estimate of drug-likeness (QED) is 0.601. The minimum atomic E-state index is 0.785. The summed E-state index contributed by atoms with van der Waals surface area (Å²) in [6, 6.07) is 10.9. The van der Waals surface area contributed by atoms with Crippen molar-refractivity contribution < 1.29 is 0 Å². The predicted molar refractivity (Wildman–Crippen MR) is 69.0 cm³/mol. The Labute approximate surface area is 97.7 Å². The van der Waals surface area contributed by atoms with Crippen LogP contribution < -0.4 is 0 Å². The van der Waals surface area contributed by atoms with E-state index in [4.69, 9.17) is 0 Å². The Morgan fingerprint density at radius 3 is 2.62 bits per heavy atom. The number of allylic oxidation sites excluding steroid dienone is 4. The van der Waals surface area contributed by atoms with Crippen molar-refractivity contribution in [3.8, 4) is 0 Å². The second-order valence-electron chi connectivity index (χ2n) is 5.07. The molecule has 16 heavy (non-hydrogen) atoms. The van der Waals surface area contributed by atoms with Gasteiger partial charge >= 0.3 is 0 Å². The molecule has 0 spiro atoms. The first-order chi connectivity index (χ1) is 7.92. The van der Waals surface area contributed by atoms with Crippen LogP contribution in [0.25, 0.3) is 5.57 Å². The molecule has 2 atom stereocenters. The summed E-state index contributed by atoms with van der Waals surface area (Å²) in [7, 11) is 0. The van der Waals surface area contributed by atoms with Gasteiger partial charge in [0.2, 0.25) is 0 Å². The van der Waals surface area contributed by atoms with E-state index in [1.807, 2.05) is 0 Å². The van der Waals surface area contributed by atoms with Crippen LogP contribution >= 0.6 is 0 Å². The van der Waals surface area contributed by atoms with Crippen molar-refractivity contribution in [2.75, 3.05) is 0 Å². The molecule has 2 bridgehead atoms. The third kappa shape index (κ3) is 1.97. The van der Waals surface area contributed by atoms with E-state index >= 15 is 0 Å². The van der Waals surface area contributed by atoms with E-state index < -0.39 is 0 Å². The molecule has 0 unspecified atom stereocenters. The molecule has 0 saturated carbocycles. The van der Waals surface area contributed by atoms with Gasteiger partial charge in [-0.15, -0.1) is 0 Å². The third-order valence-corrected chi connectivity index (χ3v) is 3.80. The zero-order valence-corrected chi connectivity index (χ0v) is 9.60. The van der Waals surface area contributed by atoms with Crippen LogP contribution in [0.2, 0.25) is 0 Å². The molecule has 0 N–H and O–H groups in total. The van der Waals surface area contributed by atoms with Crippen LogP contribution in [0.5, 0.6) is 0 Å². The predicted octanol–water partition coefficient (Wildman–Crippen LogP) is 4.45. The average molecular weight is 210 g/mol. The van der Waals surface area contributed by atoms with E-state index in [9.17, 15) is 0 Å². The normalized spacial score (nSPS) is 28.4. The van der Waals surface area contributed by atoms with Gasteiger partial charge in [-0.2, -0.15) is 0 Å². The van der Waals surface area contributed by atoms with Crippen LogP contribution in [-0.4, -0.2) is 0 Å². The van der Waals surface area contributed by atoms with E-state index in [-0.39, 0.29) is 0 Å². The van der Waals surface area contributed by atoms with Crippen molar-refractivity contribution in [1.82, 2.24) is 0 Å². The van der Waals surface area contributed by atoms with E-state index in [2.05, 4.69) is 48.6 Å². The SMILES string of the molecule is C1=CC[C@@H]2CC(c3ccccc3)=C[C@H](C1)C2. The molecule has 0 fully saturated rings. The van der Waals surface area contributed by atoms with Gasteiger partial charge in [-0.1, -0.05) is 48.6 Å². The fourth-order valence-electron chi connectivity index (χ4n) is 3.01. The standard InChI is InChI=1S/C16H18/c1-2-8-15(9-3-1)16-11-13-6-4-5-7-14(10-13)12-16/h1-5,8-9,11,13-14H,6-7,10,12H2/t13-,14+/m1/s1. The fourth-order valence-corrected chi connectivity index (χ4v) is 3.01. The van der Waals surface area contributed by atoms with Gasteiger partial charge in [0.05, 0.1) is 0 Å². The van der Waals surface area contributed by atoms with Gasteiger partial charge in [-0.05, 0) is 48.7 Å². The highest BCUT2D eigenvalue weighted by Crippen LogP contribution is 2.38. The molecule has 0 heteroatoms. The lowest BCUT2D eigenvalue weighted by molar-refractivity contribution is 0.422. The molecule has 0 amide bonds. The molecule has 0 heterocycles. The van der Waals surface area contributed by atoms with Gasteiger partial charge in [0.25, 0.3) is 0 Å². The van der Waals surface area contributed by atoms with Gasteiger partial charge in [0.1, 0.15) is 0 Å². The Morgan fingerprint density at radius 2 is 1.75 bits per heavy atom. The van der Waals surface area contributed by atoms with Gasteiger partial charge in [0.15, 0.2) is 0 Å². The van der Waals surface area contributed by atoms with Crippen molar-refractivity contribution in [3.05, 3.63) is 54.1 Å². The summed E-state index contributed by atoms with van der Waals surface area (Å²) >= 11 is 0. The van der Waals surface area contributed by atoms with Crippen molar-refractivity contribution in [2.24, 2.45) is 11.8 Å². The first kappa shape index (κ1) is 9.89. The van der Waals surface area contributed by atoms with Gasteiger partial charge in [-0.3, -0.25) is 0 Å². The molecule has 1 aromatic rings. The first-order valence-electron chi connectivity index (χ1n) is 6.33. The Morgan fingerprint density at radius 1 is 0.938 bits per heavy atom. The summed E-state index contributed by atoms with van der Waals surface area (Å²) < 4.78 is 0. The maximum absolute atomic E-state index is 2.52. The second-order valence-corrected chi connectivity index (χ2v) is 5.07. The summed E-state index contributed by atoms with van der Waals surface area (Å²) in [5.41, 5.74) is 3.00. The van der Waals surface area contributed by atoms with Gasteiger partial charge in [-0.25, -0.2) is 0 Å². The third-order valence-electron chi connectivity index (χ3n) is 3.80. The Hall–Kier alpha value is -1.30. The highest BCUT2D eigenvalue weighted by molar-refractivity contribution is 5.66. The molecular weight excluding hydrogens is 192 g/mol. The monoisotopic (exact) mass is 210 g/mol. The maximum Gasteiger partial charge on any atom is -0.0190 e. The van der Waals surface area contributed by atoms with Crippen LogP contribution in [-0.2, 0) is 0 Å². The Bertz CT molecular complexity index is 411. The van der Waals surface area contributed by atoms with Crippen molar-refractivity contribution >= 4 is 5.57 Å². The van der Waals surface area contributed by atoms with Crippen molar-refractivity contribution in [2.45, 2.75) is 25.7 Å². The molecule has 3 rings (SSSR count). The zero-order chi connectivity index (χ0) is 10.8. The van der Waals surface area contributed by atoms with Crippen LogP contribution in [0, 0.1) is 11.8 Å². The summed E-state index contributed by atoms with van der Waals surface area (Å²) in [6.45, 7) is 0. The van der Waals surface area contributed by atoms with E-state index in [1.54, 1.807) is 5.57 Å². The largest absolute Gasteiger partial charge is 0.0882 e. The summed E-state index contributed by atoms with van der Waals surface area (Å²) in [5, 5.41) is 0. The smallest absolute Gasteiger partial charge is 0.0190 e. The van der Waals surface area contributed by atoms with E-state index in [0.29, 0.717) is 0 Å². The molecule has 0 aliphatic heterocycles. The number of hydrogen-bond acceptors (Lipinski definition) is 0. The molecular formula is C16H18. The zero-order valence-electron chi connectivity index (χ0n) is 9.60. The highest BCUT2D eigenvalue weighted by atomic mass is 14.3. The molecule has 0 nitrogen and oxygen atoms in total. The minimum absolute atomic E-state index is 0.785. The Balaban J connectivity index is 1.90. The van der Waals surface area contributed by atoms with Crippen molar-refractivity contribution in [1.29, 1.82) is 0 Å². The van der Waals surface area contributed by atoms with Crippen LogP contribution in [0.15, 0.2) is 48.6 Å². The van der Waals surface area contributed by atoms with Gasteiger partial charge < -0.3 is 0 Å². The number of rotatable bonds is 1. The second kappa shape index (κ2) is 4.29. The Kier molecular flexibility index (Phi) is 2.65. The van der Waals surface area contributed by atoms with Crippen LogP contribution in [0.3, 0.4) is 0 Å². The fraction of sp³-hybridized carbons (Fsp3) is 0.375. The lowest BCUT2D eigenvalue weighted by Crippen LogP contribution is -2.11. The number of benzene rings is 1. The summed E-state index contributed by atoms with van der Waals surface area (Å²) in [6.07, 6.45) is 12.4. The molecule has 0 aromatic heterocycles. The van der Waals surface area contributed by atoms with E-state index in [0.717, 1.165) is 11.8 Å². The molecule has 1 aromatic carbocycles. The molecule has 0 saturated heterocycles. The summed E-state index contributed by atoms with van der Waals surface area (Å²) in [4.78, 5) is 0. The molecule has 0 radical (unpaired) electrons. The van der Waals surface area contributed by atoms with Crippen LogP contribution in [0.4, 0.5) is 0 Å². The van der Waals surface area contributed by atoms with Crippen LogP contribution in [0.1, 0.15) is 31.2 Å². The lowest BCUT2D eigenvalue weighted by Gasteiger charge is -2.26. The maximum atomic E-state index is 2.52. The lowest BCUT2D eigenvalue weighted by atomic mass is 9.79. The first-order valence-corrected chi connectivity index (χ1v) is 6.33. The molecule has 82 valence electrons. The molecule has 2 aliphatic rings. The topological polar surface area (TPSA) is 0 Å². The highest BCUT2D eigenvalue weighted by Gasteiger charge is 2.23. The molecule has 2 aliphatic carbocycles. The minimum Gasteiger partial charge on any atom is -0.0882 e. The number of fused-ring (bicyclic) bond motifs is 2. The van der Waals surface area contributed by atoms with E-state index in [1.165, 1.54) is 31.2 Å². The average Bonchev–Trinajstić information content (AvgIpc) is 2.51. The number of hydrogen-bond donors (Lipinski definition) is 0.